The van der Waals surface area contributed by atoms with Gasteiger partial charge >= 0.3 is 0 Å². The van der Waals surface area contributed by atoms with Gasteiger partial charge in [-0.2, -0.15) is 0 Å². The Morgan fingerprint density at radius 1 is 1.50 bits per heavy atom. The van der Waals surface area contributed by atoms with E-state index in [-0.39, 0.29) is 5.91 Å². The Labute approximate surface area is 113 Å². The second-order valence-corrected chi connectivity index (χ2v) is 6.40. The van der Waals surface area contributed by atoms with E-state index in [1.165, 1.54) is 0 Å². The summed E-state index contributed by atoms with van der Waals surface area (Å²) in [5.41, 5.74) is 1.76. The van der Waals surface area contributed by atoms with Crippen LogP contribution in [0.15, 0.2) is 22.7 Å². The van der Waals surface area contributed by atoms with Crippen LogP contribution in [0.4, 0.5) is 0 Å². The van der Waals surface area contributed by atoms with Gasteiger partial charge < -0.3 is 4.90 Å². The van der Waals surface area contributed by atoms with Crippen molar-refractivity contribution in [1.82, 2.24) is 4.90 Å². The molecule has 88 valence electrons. The number of nitrogens with zero attached hydrogens (tertiary/aromatic N) is 1. The summed E-state index contributed by atoms with van der Waals surface area (Å²) in [6.07, 6.45) is 0. The van der Waals surface area contributed by atoms with Crippen molar-refractivity contribution in [1.29, 1.82) is 0 Å². The Kier molecular flexibility index (Phi) is 4.99. The molecule has 0 aliphatic heterocycles. The van der Waals surface area contributed by atoms with E-state index in [4.69, 9.17) is 0 Å². The lowest BCUT2D eigenvalue weighted by Gasteiger charge is -2.19. The summed E-state index contributed by atoms with van der Waals surface area (Å²) in [5.74, 6) is 0.0603. The van der Waals surface area contributed by atoms with E-state index < -0.39 is 0 Å². The maximum absolute atomic E-state index is 12.1. The predicted octanol–water partition coefficient (Wildman–Crippen LogP) is 3.61. The van der Waals surface area contributed by atoms with Gasteiger partial charge in [0.05, 0.1) is 0 Å². The van der Waals surface area contributed by atoms with Gasteiger partial charge in [0.25, 0.3) is 5.91 Å². The molecule has 0 bridgehead atoms. The van der Waals surface area contributed by atoms with Crippen LogP contribution in [0.2, 0.25) is 0 Å². The Morgan fingerprint density at radius 3 is 2.69 bits per heavy atom. The molecule has 1 rings (SSSR count). The van der Waals surface area contributed by atoms with Gasteiger partial charge in [-0.3, -0.25) is 4.79 Å². The zero-order valence-electron chi connectivity index (χ0n) is 9.63. The first-order valence-corrected chi connectivity index (χ1v) is 6.78. The van der Waals surface area contributed by atoms with Crippen molar-refractivity contribution < 1.29 is 4.79 Å². The Hall–Kier alpha value is -0.350. The van der Waals surface area contributed by atoms with E-state index in [1.807, 2.05) is 39.1 Å². The molecule has 0 N–H and O–H groups in total. The molecule has 0 aliphatic carbocycles. The van der Waals surface area contributed by atoms with Gasteiger partial charge in [-0.05, 0) is 24.6 Å². The highest BCUT2D eigenvalue weighted by atomic mass is 79.9. The standard InChI is InChI=1S/C12H15Br2NO/c1-8-4-5-10(14)6-11(8)12(16)15(3)7-9(2)13/h4-6,9H,7H2,1-3H3. The number of amides is 1. The van der Waals surface area contributed by atoms with E-state index in [2.05, 4.69) is 31.9 Å². The van der Waals surface area contributed by atoms with Crippen LogP contribution < -0.4 is 0 Å². The molecular formula is C12H15Br2NO. The number of rotatable bonds is 3. The van der Waals surface area contributed by atoms with Crippen molar-refractivity contribution in [3.05, 3.63) is 33.8 Å². The minimum atomic E-state index is 0.0603. The maximum atomic E-state index is 12.1. The molecule has 0 heterocycles. The third-order valence-corrected chi connectivity index (χ3v) is 3.08. The Bertz CT molecular complexity index is 391. The molecule has 1 atom stereocenters. The molecule has 0 saturated heterocycles. The molecule has 0 fully saturated rings. The highest BCUT2D eigenvalue weighted by Crippen LogP contribution is 2.17. The first-order chi connectivity index (χ1) is 7.41. The number of carbonyl (C=O) groups excluding carboxylic acids is 1. The third-order valence-electron chi connectivity index (χ3n) is 2.30. The quantitative estimate of drug-likeness (QED) is 0.764. The molecule has 16 heavy (non-hydrogen) atoms. The highest BCUT2D eigenvalue weighted by Gasteiger charge is 2.15. The zero-order valence-corrected chi connectivity index (χ0v) is 12.8. The molecule has 1 aromatic rings. The predicted molar refractivity (Wildman–Crippen MR) is 74.2 cm³/mol. The summed E-state index contributed by atoms with van der Waals surface area (Å²) in [7, 11) is 1.82. The second-order valence-electron chi connectivity index (χ2n) is 3.93. The third kappa shape index (κ3) is 3.59. The van der Waals surface area contributed by atoms with Gasteiger partial charge in [-0.25, -0.2) is 0 Å². The van der Waals surface area contributed by atoms with Crippen molar-refractivity contribution in [2.75, 3.05) is 13.6 Å². The van der Waals surface area contributed by atoms with E-state index in [0.29, 0.717) is 11.4 Å². The van der Waals surface area contributed by atoms with Crippen molar-refractivity contribution in [3.63, 3.8) is 0 Å². The van der Waals surface area contributed by atoms with Crippen LogP contribution >= 0.6 is 31.9 Å². The lowest BCUT2D eigenvalue weighted by atomic mass is 10.1. The molecule has 1 unspecified atom stereocenters. The fraction of sp³-hybridized carbons (Fsp3) is 0.417. The normalized spacial score (nSPS) is 12.3. The molecule has 0 saturated carbocycles. The lowest BCUT2D eigenvalue weighted by Crippen LogP contribution is -2.31. The summed E-state index contributed by atoms with van der Waals surface area (Å²) < 4.78 is 0.932. The molecule has 2 nitrogen and oxygen atoms in total. The summed E-state index contributed by atoms with van der Waals surface area (Å²) in [6.45, 7) is 4.67. The fourth-order valence-electron chi connectivity index (χ4n) is 1.49. The van der Waals surface area contributed by atoms with Gasteiger partial charge in [-0.1, -0.05) is 44.8 Å². The number of hydrogen-bond acceptors (Lipinski definition) is 1. The van der Waals surface area contributed by atoms with E-state index in [1.54, 1.807) is 4.90 Å². The van der Waals surface area contributed by atoms with Gasteiger partial charge in [0.15, 0.2) is 0 Å². The summed E-state index contributed by atoms with van der Waals surface area (Å²) in [5, 5.41) is 0. The second kappa shape index (κ2) is 5.82. The van der Waals surface area contributed by atoms with Crippen LogP contribution in [0.25, 0.3) is 0 Å². The first kappa shape index (κ1) is 13.7. The number of halogens is 2. The van der Waals surface area contributed by atoms with E-state index >= 15 is 0 Å². The SMILES string of the molecule is Cc1ccc(Br)cc1C(=O)N(C)CC(C)Br. The molecule has 0 aliphatic rings. The summed E-state index contributed by atoms with van der Waals surface area (Å²) >= 11 is 6.83. The van der Waals surface area contributed by atoms with Crippen LogP contribution in [-0.4, -0.2) is 29.2 Å². The number of hydrogen-bond donors (Lipinski definition) is 0. The van der Waals surface area contributed by atoms with E-state index in [9.17, 15) is 4.79 Å². The zero-order chi connectivity index (χ0) is 12.3. The molecule has 1 amide bonds. The fourth-order valence-corrected chi connectivity index (χ4v) is 2.29. The molecule has 0 radical (unpaired) electrons. The largest absolute Gasteiger partial charge is 0.341 e. The molecule has 1 aromatic carbocycles. The average Bonchev–Trinajstić information content (AvgIpc) is 2.19. The number of alkyl halides is 1. The minimum absolute atomic E-state index is 0.0603. The van der Waals surface area contributed by atoms with Gasteiger partial charge in [0.2, 0.25) is 0 Å². The molecular weight excluding hydrogens is 334 g/mol. The van der Waals surface area contributed by atoms with Crippen LogP contribution in [0.1, 0.15) is 22.8 Å². The summed E-state index contributed by atoms with van der Waals surface area (Å²) in [6, 6.07) is 5.76. The summed E-state index contributed by atoms with van der Waals surface area (Å²) in [4.78, 5) is 14.2. The topological polar surface area (TPSA) is 20.3 Å². The molecule has 0 aromatic heterocycles. The number of aryl methyl sites for hydroxylation is 1. The van der Waals surface area contributed by atoms with Crippen LogP contribution in [0.3, 0.4) is 0 Å². The Balaban J connectivity index is 2.91. The van der Waals surface area contributed by atoms with Gasteiger partial charge in [0.1, 0.15) is 0 Å². The number of carbonyl (C=O) groups is 1. The first-order valence-electron chi connectivity index (χ1n) is 5.07. The lowest BCUT2D eigenvalue weighted by molar-refractivity contribution is 0.0796. The molecule has 0 spiro atoms. The molecule has 4 heteroatoms. The minimum Gasteiger partial charge on any atom is -0.341 e. The average molecular weight is 349 g/mol. The van der Waals surface area contributed by atoms with Gasteiger partial charge in [-0.15, -0.1) is 0 Å². The number of benzene rings is 1. The van der Waals surface area contributed by atoms with Crippen LogP contribution in [0, 0.1) is 6.92 Å². The van der Waals surface area contributed by atoms with Crippen molar-refractivity contribution >= 4 is 37.8 Å². The van der Waals surface area contributed by atoms with Crippen molar-refractivity contribution in [2.24, 2.45) is 0 Å². The smallest absolute Gasteiger partial charge is 0.253 e. The van der Waals surface area contributed by atoms with Gasteiger partial charge in [0, 0.05) is 28.5 Å². The van der Waals surface area contributed by atoms with Crippen molar-refractivity contribution in [3.8, 4) is 0 Å². The highest BCUT2D eigenvalue weighted by molar-refractivity contribution is 9.10. The Morgan fingerprint density at radius 2 is 2.12 bits per heavy atom. The monoisotopic (exact) mass is 347 g/mol. The van der Waals surface area contributed by atoms with E-state index in [0.717, 1.165) is 15.6 Å². The van der Waals surface area contributed by atoms with Crippen molar-refractivity contribution in [2.45, 2.75) is 18.7 Å². The van der Waals surface area contributed by atoms with Crippen LogP contribution in [-0.2, 0) is 0 Å². The maximum Gasteiger partial charge on any atom is 0.253 e. The van der Waals surface area contributed by atoms with Crippen LogP contribution in [0.5, 0.6) is 0 Å².